The summed E-state index contributed by atoms with van der Waals surface area (Å²) < 4.78 is 0.601. The average molecular weight is 243 g/mol. The maximum Gasteiger partial charge on any atom is 0.0881 e. The van der Waals surface area contributed by atoms with E-state index in [-0.39, 0.29) is 6.61 Å². The molecular formula is C4H10IN3O. The van der Waals surface area contributed by atoms with Gasteiger partial charge in [0.15, 0.2) is 0 Å². The number of nitrogens with zero attached hydrogens (tertiary/aromatic N) is 1. The fraction of sp³-hybridized carbons (Fsp3) is 0.500. The molecule has 0 aromatic heterocycles. The number of hydrazine groups is 1. The van der Waals surface area contributed by atoms with Crippen molar-refractivity contribution in [1.82, 2.24) is 5.01 Å². The van der Waals surface area contributed by atoms with E-state index in [0.29, 0.717) is 10.2 Å². The van der Waals surface area contributed by atoms with Gasteiger partial charge >= 0.3 is 0 Å². The third-order valence-corrected chi connectivity index (χ3v) is 0.926. The first kappa shape index (κ1) is 8.99. The van der Waals surface area contributed by atoms with E-state index in [4.69, 9.17) is 16.7 Å². The first-order chi connectivity index (χ1) is 4.16. The Hall–Kier alpha value is -0.0100. The quantitative estimate of drug-likeness (QED) is 0.266. The van der Waals surface area contributed by atoms with Crippen LogP contribution in [0.15, 0.2) is 9.90 Å². The van der Waals surface area contributed by atoms with Crippen LogP contribution in [0.5, 0.6) is 0 Å². The number of hydrogen-bond donors (Lipinski definition) is 3. The van der Waals surface area contributed by atoms with Crippen molar-refractivity contribution >= 4 is 22.6 Å². The van der Waals surface area contributed by atoms with Gasteiger partial charge in [0.1, 0.15) is 0 Å². The van der Waals surface area contributed by atoms with Crippen molar-refractivity contribution in [2.45, 2.75) is 0 Å². The van der Waals surface area contributed by atoms with Crippen molar-refractivity contribution in [3.63, 3.8) is 0 Å². The zero-order chi connectivity index (χ0) is 7.28. The van der Waals surface area contributed by atoms with Crippen LogP contribution in [0.25, 0.3) is 0 Å². The summed E-state index contributed by atoms with van der Waals surface area (Å²) in [5.41, 5.74) is 5.27. The van der Waals surface area contributed by atoms with E-state index in [1.807, 2.05) is 22.6 Å². The number of aliphatic hydroxyl groups is 1. The van der Waals surface area contributed by atoms with E-state index in [2.05, 4.69) is 0 Å². The van der Waals surface area contributed by atoms with Crippen molar-refractivity contribution in [3.05, 3.63) is 9.90 Å². The standard InChI is InChI=1S/C4H10IN3O/c5-4(6)3-8(7)1-2-9/h3,9H,1-2,6-7H2/b4-3-. The zero-order valence-electron chi connectivity index (χ0n) is 4.92. The molecule has 0 aromatic carbocycles. The van der Waals surface area contributed by atoms with E-state index in [9.17, 15) is 0 Å². The third kappa shape index (κ3) is 5.87. The fourth-order valence-corrected chi connectivity index (χ4v) is 0.696. The Morgan fingerprint density at radius 3 is 2.67 bits per heavy atom. The number of hydrogen-bond acceptors (Lipinski definition) is 4. The number of nitrogens with two attached hydrogens (primary N) is 2. The molecule has 0 heterocycles. The summed E-state index contributed by atoms with van der Waals surface area (Å²) in [6, 6.07) is 0. The van der Waals surface area contributed by atoms with Crippen LogP contribution >= 0.6 is 22.6 Å². The molecule has 0 aliphatic carbocycles. The maximum atomic E-state index is 8.36. The lowest BCUT2D eigenvalue weighted by Crippen LogP contribution is -2.28. The van der Waals surface area contributed by atoms with Crippen LogP contribution in [0, 0.1) is 0 Å². The highest BCUT2D eigenvalue weighted by molar-refractivity contribution is 14.1. The molecule has 0 rings (SSSR count). The van der Waals surface area contributed by atoms with Crippen molar-refractivity contribution < 1.29 is 5.11 Å². The van der Waals surface area contributed by atoms with Crippen molar-refractivity contribution in [2.75, 3.05) is 13.2 Å². The number of halogens is 1. The van der Waals surface area contributed by atoms with Crippen LogP contribution in [0.4, 0.5) is 0 Å². The smallest absolute Gasteiger partial charge is 0.0881 e. The second kappa shape index (κ2) is 4.83. The highest BCUT2D eigenvalue weighted by Gasteiger charge is 1.88. The van der Waals surface area contributed by atoms with E-state index >= 15 is 0 Å². The topological polar surface area (TPSA) is 75.5 Å². The van der Waals surface area contributed by atoms with Crippen molar-refractivity contribution in [1.29, 1.82) is 0 Å². The van der Waals surface area contributed by atoms with E-state index in [1.165, 1.54) is 5.01 Å². The molecule has 54 valence electrons. The summed E-state index contributed by atoms with van der Waals surface area (Å²) in [5, 5.41) is 9.69. The molecule has 0 spiro atoms. The first-order valence-electron chi connectivity index (χ1n) is 2.42. The molecule has 0 aliphatic heterocycles. The van der Waals surface area contributed by atoms with E-state index in [0.717, 1.165) is 0 Å². The Morgan fingerprint density at radius 2 is 2.33 bits per heavy atom. The molecule has 0 saturated heterocycles. The van der Waals surface area contributed by atoms with Gasteiger partial charge in [-0.1, -0.05) is 0 Å². The molecule has 0 bridgehead atoms. The Bertz CT molecular complexity index is 102. The Kier molecular flexibility index (Phi) is 4.83. The zero-order valence-corrected chi connectivity index (χ0v) is 7.08. The van der Waals surface area contributed by atoms with Crippen LogP contribution in [0.3, 0.4) is 0 Å². The minimum Gasteiger partial charge on any atom is -0.394 e. The molecular weight excluding hydrogens is 233 g/mol. The molecule has 0 aromatic rings. The van der Waals surface area contributed by atoms with Gasteiger partial charge < -0.3 is 15.8 Å². The predicted molar refractivity (Wildman–Crippen MR) is 44.3 cm³/mol. The van der Waals surface area contributed by atoms with Gasteiger partial charge in [-0.25, -0.2) is 5.84 Å². The normalized spacial score (nSPS) is 11.7. The van der Waals surface area contributed by atoms with Gasteiger partial charge in [0.05, 0.1) is 16.9 Å². The predicted octanol–water partition coefficient (Wildman–Crippen LogP) is -0.653. The van der Waals surface area contributed by atoms with Crippen LogP contribution in [-0.4, -0.2) is 23.3 Å². The Morgan fingerprint density at radius 1 is 1.78 bits per heavy atom. The summed E-state index contributed by atoms with van der Waals surface area (Å²) >= 11 is 1.93. The van der Waals surface area contributed by atoms with Gasteiger partial charge in [0, 0.05) is 6.20 Å². The summed E-state index contributed by atoms with van der Waals surface area (Å²) in [6.45, 7) is 0.445. The highest BCUT2D eigenvalue weighted by Crippen LogP contribution is 1.94. The molecule has 4 nitrogen and oxygen atoms in total. The van der Waals surface area contributed by atoms with Gasteiger partial charge in [0.25, 0.3) is 0 Å². The van der Waals surface area contributed by atoms with Gasteiger partial charge in [0.2, 0.25) is 0 Å². The van der Waals surface area contributed by atoms with Gasteiger partial charge in [-0.15, -0.1) is 0 Å². The second-order valence-corrected chi connectivity index (χ2v) is 2.72. The largest absolute Gasteiger partial charge is 0.394 e. The minimum absolute atomic E-state index is 0.0386. The molecule has 0 radical (unpaired) electrons. The fourth-order valence-electron chi connectivity index (χ4n) is 0.338. The molecule has 0 atom stereocenters. The van der Waals surface area contributed by atoms with Gasteiger partial charge in [-0.05, 0) is 22.6 Å². The third-order valence-electron chi connectivity index (χ3n) is 0.647. The monoisotopic (exact) mass is 243 g/mol. The van der Waals surface area contributed by atoms with Crippen molar-refractivity contribution in [3.8, 4) is 0 Å². The van der Waals surface area contributed by atoms with E-state index < -0.39 is 0 Å². The number of aliphatic hydroxyl groups excluding tert-OH is 1. The lowest BCUT2D eigenvalue weighted by Gasteiger charge is -2.10. The van der Waals surface area contributed by atoms with Gasteiger partial charge in [-0.3, -0.25) is 0 Å². The average Bonchev–Trinajstić information content (AvgIpc) is 1.63. The lowest BCUT2D eigenvalue weighted by atomic mass is 10.6. The SMILES string of the molecule is N/C(I)=C\N(N)CCO. The molecule has 0 amide bonds. The minimum atomic E-state index is 0.0386. The first-order valence-corrected chi connectivity index (χ1v) is 3.49. The summed E-state index contributed by atoms with van der Waals surface area (Å²) in [4.78, 5) is 0. The Balaban J connectivity index is 3.49. The van der Waals surface area contributed by atoms with Crippen molar-refractivity contribution in [2.24, 2.45) is 11.6 Å². The molecule has 0 aliphatic rings. The van der Waals surface area contributed by atoms with Crippen LogP contribution in [-0.2, 0) is 0 Å². The molecule has 5 N–H and O–H groups in total. The molecule has 0 fully saturated rings. The van der Waals surface area contributed by atoms with Gasteiger partial charge in [-0.2, -0.15) is 0 Å². The Labute approximate surface area is 67.6 Å². The molecule has 5 heteroatoms. The van der Waals surface area contributed by atoms with Crippen LogP contribution in [0.1, 0.15) is 0 Å². The molecule has 0 unspecified atom stereocenters. The van der Waals surface area contributed by atoms with Crippen LogP contribution < -0.4 is 11.6 Å². The lowest BCUT2D eigenvalue weighted by molar-refractivity contribution is 0.239. The summed E-state index contributed by atoms with van der Waals surface area (Å²) in [6.07, 6.45) is 1.55. The molecule has 0 saturated carbocycles. The maximum absolute atomic E-state index is 8.36. The summed E-state index contributed by atoms with van der Waals surface area (Å²) in [7, 11) is 0. The van der Waals surface area contributed by atoms with E-state index in [1.54, 1.807) is 6.20 Å². The van der Waals surface area contributed by atoms with Crippen LogP contribution in [0.2, 0.25) is 0 Å². The molecule has 9 heavy (non-hydrogen) atoms. The highest BCUT2D eigenvalue weighted by atomic mass is 127. The summed E-state index contributed by atoms with van der Waals surface area (Å²) in [5.74, 6) is 5.30. The number of rotatable bonds is 3. The second-order valence-electron chi connectivity index (χ2n) is 1.48.